The van der Waals surface area contributed by atoms with Crippen molar-refractivity contribution in [2.75, 3.05) is 6.54 Å². The summed E-state index contributed by atoms with van der Waals surface area (Å²) in [5.41, 5.74) is 3.61. The minimum absolute atomic E-state index is 0.0822. The van der Waals surface area contributed by atoms with Crippen LogP contribution in [0.5, 0.6) is 0 Å². The quantitative estimate of drug-likeness (QED) is 0.767. The molecule has 3 heteroatoms. The summed E-state index contributed by atoms with van der Waals surface area (Å²) in [6, 6.07) is 18.3. The molecule has 0 heterocycles. The van der Waals surface area contributed by atoms with Crippen LogP contribution in [0.15, 0.2) is 54.6 Å². The molecule has 0 unspecified atom stereocenters. The molecule has 2 aromatic rings. The van der Waals surface area contributed by atoms with Crippen LogP contribution in [-0.2, 0) is 17.9 Å². The number of nitrogens with one attached hydrogen (secondary N) is 2. The molecule has 0 bridgehead atoms. The molecule has 0 saturated carbocycles. The van der Waals surface area contributed by atoms with Crippen molar-refractivity contribution in [3.05, 3.63) is 71.3 Å². The minimum Gasteiger partial charge on any atom is -0.352 e. The fraction of sp³-hybridized carbons (Fsp3) is 0.278. The van der Waals surface area contributed by atoms with Gasteiger partial charge in [0.05, 0.1) is 0 Å². The first-order chi connectivity index (χ1) is 10.3. The van der Waals surface area contributed by atoms with Gasteiger partial charge >= 0.3 is 0 Å². The number of aryl methyl sites for hydroxylation is 1. The van der Waals surface area contributed by atoms with E-state index in [2.05, 4.69) is 35.8 Å². The molecule has 0 aliphatic carbocycles. The zero-order valence-corrected chi connectivity index (χ0v) is 12.4. The number of benzene rings is 2. The van der Waals surface area contributed by atoms with Crippen LogP contribution in [0.4, 0.5) is 0 Å². The number of amides is 1. The van der Waals surface area contributed by atoms with Crippen LogP contribution < -0.4 is 10.6 Å². The second kappa shape index (κ2) is 8.22. The predicted molar refractivity (Wildman–Crippen MR) is 85.8 cm³/mol. The van der Waals surface area contributed by atoms with Crippen molar-refractivity contribution in [2.24, 2.45) is 0 Å². The summed E-state index contributed by atoms with van der Waals surface area (Å²) in [5, 5.41) is 6.24. The van der Waals surface area contributed by atoms with Gasteiger partial charge in [-0.2, -0.15) is 0 Å². The molecule has 0 saturated heterocycles. The van der Waals surface area contributed by atoms with Gasteiger partial charge in [-0.3, -0.25) is 4.79 Å². The summed E-state index contributed by atoms with van der Waals surface area (Å²) in [7, 11) is 0. The lowest BCUT2D eigenvalue weighted by Gasteiger charge is -2.08. The summed E-state index contributed by atoms with van der Waals surface area (Å²) >= 11 is 0. The molecule has 2 N–H and O–H groups in total. The molecular weight excluding hydrogens is 260 g/mol. The Morgan fingerprint density at radius 1 is 0.952 bits per heavy atom. The van der Waals surface area contributed by atoms with Crippen molar-refractivity contribution in [3.8, 4) is 0 Å². The maximum absolute atomic E-state index is 11.8. The van der Waals surface area contributed by atoms with Crippen LogP contribution in [0.2, 0.25) is 0 Å². The first kappa shape index (κ1) is 15.3. The highest BCUT2D eigenvalue weighted by Gasteiger charge is 2.02. The highest BCUT2D eigenvalue weighted by molar-refractivity contribution is 5.76. The Hall–Kier alpha value is -2.13. The fourth-order valence-corrected chi connectivity index (χ4v) is 2.12. The van der Waals surface area contributed by atoms with Crippen LogP contribution >= 0.6 is 0 Å². The van der Waals surface area contributed by atoms with Gasteiger partial charge in [-0.05, 0) is 23.6 Å². The molecule has 2 aromatic carbocycles. The smallest absolute Gasteiger partial charge is 0.221 e. The van der Waals surface area contributed by atoms with Crippen LogP contribution in [0, 0.1) is 6.92 Å². The topological polar surface area (TPSA) is 41.1 Å². The van der Waals surface area contributed by atoms with E-state index in [4.69, 9.17) is 0 Å². The van der Waals surface area contributed by atoms with Gasteiger partial charge in [-0.15, -0.1) is 0 Å². The van der Waals surface area contributed by atoms with Gasteiger partial charge in [0.1, 0.15) is 0 Å². The third-order valence-corrected chi connectivity index (χ3v) is 3.44. The first-order valence-corrected chi connectivity index (χ1v) is 7.31. The summed E-state index contributed by atoms with van der Waals surface area (Å²) < 4.78 is 0. The number of hydrogen-bond donors (Lipinski definition) is 2. The van der Waals surface area contributed by atoms with Gasteiger partial charge < -0.3 is 10.6 Å². The Morgan fingerprint density at radius 2 is 1.67 bits per heavy atom. The van der Waals surface area contributed by atoms with Crippen molar-refractivity contribution in [1.29, 1.82) is 0 Å². The van der Waals surface area contributed by atoms with Gasteiger partial charge in [0.15, 0.2) is 0 Å². The van der Waals surface area contributed by atoms with Crippen molar-refractivity contribution < 1.29 is 4.79 Å². The molecule has 0 radical (unpaired) electrons. The van der Waals surface area contributed by atoms with Gasteiger partial charge in [-0.25, -0.2) is 0 Å². The highest BCUT2D eigenvalue weighted by atomic mass is 16.1. The van der Waals surface area contributed by atoms with Crippen LogP contribution in [-0.4, -0.2) is 12.5 Å². The SMILES string of the molecule is Cc1ccccc1CNC(=O)CCNCc1ccccc1. The zero-order valence-electron chi connectivity index (χ0n) is 12.4. The molecule has 21 heavy (non-hydrogen) atoms. The lowest BCUT2D eigenvalue weighted by Crippen LogP contribution is -2.27. The van der Waals surface area contributed by atoms with Gasteiger partial charge in [0, 0.05) is 26.1 Å². The molecule has 0 aliphatic rings. The Bertz CT molecular complexity index is 566. The van der Waals surface area contributed by atoms with E-state index >= 15 is 0 Å². The number of carbonyl (C=O) groups is 1. The summed E-state index contributed by atoms with van der Waals surface area (Å²) in [4.78, 5) is 11.8. The standard InChI is InChI=1S/C18H22N2O/c1-15-7-5-6-10-17(15)14-20-18(21)11-12-19-13-16-8-3-2-4-9-16/h2-10,19H,11-14H2,1H3,(H,20,21). The van der Waals surface area contributed by atoms with Crippen molar-refractivity contribution >= 4 is 5.91 Å². The highest BCUT2D eigenvalue weighted by Crippen LogP contribution is 2.06. The van der Waals surface area contributed by atoms with Crippen molar-refractivity contribution in [2.45, 2.75) is 26.4 Å². The largest absolute Gasteiger partial charge is 0.352 e. The van der Waals surface area contributed by atoms with Crippen LogP contribution in [0.3, 0.4) is 0 Å². The minimum atomic E-state index is 0.0822. The molecular formula is C18H22N2O. The molecule has 3 nitrogen and oxygen atoms in total. The Morgan fingerprint density at radius 3 is 2.43 bits per heavy atom. The van der Waals surface area contributed by atoms with E-state index in [9.17, 15) is 4.79 Å². The Kier molecular flexibility index (Phi) is 5.98. The zero-order chi connectivity index (χ0) is 14.9. The van der Waals surface area contributed by atoms with Gasteiger partial charge in [0.25, 0.3) is 0 Å². The second-order valence-electron chi connectivity index (χ2n) is 5.12. The Labute approximate surface area is 126 Å². The second-order valence-corrected chi connectivity index (χ2v) is 5.12. The third kappa shape index (κ3) is 5.40. The number of hydrogen-bond acceptors (Lipinski definition) is 2. The number of rotatable bonds is 7. The molecule has 1 amide bonds. The molecule has 2 rings (SSSR count). The van der Waals surface area contributed by atoms with E-state index in [-0.39, 0.29) is 5.91 Å². The van der Waals surface area contributed by atoms with Crippen molar-refractivity contribution in [3.63, 3.8) is 0 Å². The monoisotopic (exact) mass is 282 g/mol. The van der Waals surface area contributed by atoms with Crippen molar-refractivity contribution in [1.82, 2.24) is 10.6 Å². The normalized spacial score (nSPS) is 10.3. The summed E-state index contributed by atoms with van der Waals surface area (Å²) in [5.74, 6) is 0.0822. The molecule has 0 atom stereocenters. The molecule has 0 aliphatic heterocycles. The maximum Gasteiger partial charge on any atom is 0.221 e. The average Bonchev–Trinajstić information content (AvgIpc) is 2.52. The predicted octanol–water partition coefficient (Wildman–Crippen LogP) is 2.79. The van der Waals surface area contributed by atoms with E-state index in [0.717, 1.165) is 6.54 Å². The lowest BCUT2D eigenvalue weighted by molar-refractivity contribution is -0.121. The van der Waals surface area contributed by atoms with E-state index in [0.29, 0.717) is 19.5 Å². The number of carbonyl (C=O) groups excluding carboxylic acids is 1. The van der Waals surface area contributed by atoms with Crippen LogP contribution in [0.25, 0.3) is 0 Å². The van der Waals surface area contributed by atoms with E-state index in [1.807, 2.05) is 36.4 Å². The molecule has 110 valence electrons. The third-order valence-electron chi connectivity index (χ3n) is 3.44. The van der Waals surface area contributed by atoms with E-state index in [1.165, 1.54) is 16.7 Å². The average molecular weight is 282 g/mol. The van der Waals surface area contributed by atoms with E-state index < -0.39 is 0 Å². The van der Waals surface area contributed by atoms with Gasteiger partial charge in [0.2, 0.25) is 5.91 Å². The Balaban J connectivity index is 1.63. The summed E-state index contributed by atoms with van der Waals surface area (Å²) in [6.45, 7) is 4.15. The van der Waals surface area contributed by atoms with Gasteiger partial charge in [-0.1, -0.05) is 54.6 Å². The first-order valence-electron chi connectivity index (χ1n) is 7.31. The summed E-state index contributed by atoms with van der Waals surface area (Å²) in [6.07, 6.45) is 0.499. The van der Waals surface area contributed by atoms with E-state index in [1.54, 1.807) is 0 Å². The van der Waals surface area contributed by atoms with Crippen LogP contribution in [0.1, 0.15) is 23.1 Å². The molecule has 0 aromatic heterocycles. The fourth-order valence-electron chi connectivity index (χ4n) is 2.12. The molecule has 0 spiro atoms. The lowest BCUT2D eigenvalue weighted by atomic mass is 10.1. The maximum atomic E-state index is 11.8. The molecule has 0 fully saturated rings.